The van der Waals surface area contributed by atoms with Gasteiger partial charge in [-0.15, -0.1) is 0 Å². The van der Waals surface area contributed by atoms with Gasteiger partial charge >= 0.3 is 0 Å². The summed E-state index contributed by atoms with van der Waals surface area (Å²) in [6.07, 6.45) is 5.19. The lowest BCUT2D eigenvalue weighted by Gasteiger charge is -2.42. The second-order valence-electron chi connectivity index (χ2n) is 6.55. The summed E-state index contributed by atoms with van der Waals surface area (Å²) >= 11 is 0. The van der Waals surface area contributed by atoms with Gasteiger partial charge in [-0.1, -0.05) is 19.8 Å². The van der Waals surface area contributed by atoms with Crippen LogP contribution in [0.3, 0.4) is 0 Å². The van der Waals surface area contributed by atoms with Crippen LogP contribution in [0.1, 0.15) is 32.6 Å². The quantitative estimate of drug-likeness (QED) is 0.884. The Bertz CT molecular complexity index is 408. The van der Waals surface area contributed by atoms with Gasteiger partial charge in [-0.25, -0.2) is 4.39 Å². The molecule has 1 aliphatic rings. The van der Waals surface area contributed by atoms with E-state index in [1.165, 1.54) is 25.7 Å². The average Bonchev–Trinajstić information content (AvgIpc) is 2.43. The number of anilines is 1. The van der Waals surface area contributed by atoms with E-state index in [4.69, 9.17) is 0 Å². The van der Waals surface area contributed by atoms with E-state index >= 15 is 0 Å². The number of nitrogens with zero attached hydrogens (tertiary/aromatic N) is 1. The van der Waals surface area contributed by atoms with Gasteiger partial charge in [0.1, 0.15) is 5.82 Å². The second-order valence-corrected chi connectivity index (χ2v) is 6.55. The highest BCUT2D eigenvalue weighted by Crippen LogP contribution is 2.39. The monoisotopic (exact) mass is 278 g/mol. The van der Waals surface area contributed by atoms with Crippen molar-refractivity contribution in [1.29, 1.82) is 0 Å². The molecule has 112 valence electrons. The normalized spacial score (nSPS) is 26.5. The first-order valence-corrected chi connectivity index (χ1v) is 7.66. The van der Waals surface area contributed by atoms with Gasteiger partial charge in [0.15, 0.2) is 0 Å². The van der Waals surface area contributed by atoms with Crippen LogP contribution in [0.4, 0.5) is 10.1 Å². The fourth-order valence-corrected chi connectivity index (χ4v) is 3.43. The van der Waals surface area contributed by atoms with Crippen molar-refractivity contribution in [3.8, 4) is 0 Å². The van der Waals surface area contributed by atoms with Crippen molar-refractivity contribution in [3.63, 3.8) is 0 Å². The molecule has 1 N–H and O–H groups in total. The lowest BCUT2D eigenvalue weighted by Crippen LogP contribution is -2.44. The van der Waals surface area contributed by atoms with E-state index in [0.29, 0.717) is 5.41 Å². The van der Waals surface area contributed by atoms with Crippen molar-refractivity contribution in [2.24, 2.45) is 11.3 Å². The Morgan fingerprint density at radius 2 is 1.85 bits per heavy atom. The van der Waals surface area contributed by atoms with Gasteiger partial charge in [-0.3, -0.25) is 0 Å². The first-order chi connectivity index (χ1) is 9.54. The van der Waals surface area contributed by atoms with Gasteiger partial charge < -0.3 is 10.2 Å². The van der Waals surface area contributed by atoms with Gasteiger partial charge in [0.25, 0.3) is 0 Å². The van der Waals surface area contributed by atoms with E-state index < -0.39 is 0 Å². The maximum absolute atomic E-state index is 13.0. The zero-order valence-corrected chi connectivity index (χ0v) is 13.0. The number of rotatable bonds is 5. The standard InChI is InChI=1S/C17H27FN2/c1-14-8-10-17(11-9-14,12-19-2)13-20(3)16-6-4-15(18)5-7-16/h4-7,14,19H,8-13H2,1-3H3. The molecule has 0 aromatic heterocycles. The predicted molar refractivity (Wildman–Crippen MR) is 83.7 cm³/mol. The Balaban J connectivity index is 2.05. The zero-order chi connectivity index (χ0) is 14.6. The van der Waals surface area contributed by atoms with Gasteiger partial charge in [0, 0.05) is 31.2 Å². The highest BCUT2D eigenvalue weighted by atomic mass is 19.1. The van der Waals surface area contributed by atoms with Crippen molar-refractivity contribution in [2.45, 2.75) is 32.6 Å². The third-order valence-electron chi connectivity index (χ3n) is 4.73. The molecule has 0 bridgehead atoms. The summed E-state index contributed by atoms with van der Waals surface area (Å²) in [5, 5.41) is 3.37. The second kappa shape index (κ2) is 6.57. The number of hydrogen-bond acceptors (Lipinski definition) is 2. The molecule has 1 aromatic rings. The maximum Gasteiger partial charge on any atom is 0.123 e. The molecule has 20 heavy (non-hydrogen) atoms. The van der Waals surface area contributed by atoms with Crippen LogP contribution in [-0.4, -0.2) is 27.2 Å². The van der Waals surface area contributed by atoms with Gasteiger partial charge in [0.05, 0.1) is 0 Å². The molecule has 1 aliphatic carbocycles. The Morgan fingerprint density at radius 3 is 2.40 bits per heavy atom. The molecule has 0 atom stereocenters. The molecule has 1 aromatic carbocycles. The van der Waals surface area contributed by atoms with E-state index in [2.05, 4.69) is 24.2 Å². The van der Waals surface area contributed by atoms with Gasteiger partial charge in [0.2, 0.25) is 0 Å². The topological polar surface area (TPSA) is 15.3 Å². The van der Waals surface area contributed by atoms with E-state index in [0.717, 1.165) is 24.7 Å². The summed E-state index contributed by atoms with van der Waals surface area (Å²) < 4.78 is 13.0. The first-order valence-electron chi connectivity index (χ1n) is 7.66. The SMILES string of the molecule is CNCC1(CN(C)c2ccc(F)cc2)CCC(C)CC1. The van der Waals surface area contributed by atoms with Crippen LogP contribution >= 0.6 is 0 Å². The third-order valence-corrected chi connectivity index (χ3v) is 4.73. The fraction of sp³-hybridized carbons (Fsp3) is 0.647. The van der Waals surface area contributed by atoms with E-state index in [9.17, 15) is 4.39 Å². The lowest BCUT2D eigenvalue weighted by molar-refractivity contribution is 0.161. The van der Waals surface area contributed by atoms with Crippen LogP contribution in [0.25, 0.3) is 0 Å². The van der Waals surface area contributed by atoms with E-state index in [-0.39, 0.29) is 5.82 Å². The molecule has 1 fully saturated rings. The third kappa shape index (κ3) is 3.72. The summed E-state index contributed by atoms with van der Waals surface area (Å²) in [5.41, 5.74) is 1.45. The minimum absolute atomic E-state index is 0.168. The molecular weight excluding hydrogens is 251 g/mol. The van der Waals surface area contributed by atoms with Crippen LogP contribution in [0.2, 0.25) is 0 Å². The molecule has 0 amide bonds. The average molecular weight is 278 g/mol. The first kappa shape index (κ1) is 15.3. The molecule has 2 nitrogen and oxygen atoms in total. The van der Waals surface area contributed by atoms with E-state index in [1.807, 2.05) is 19.2 Å². The molecule has 0 radical (unpaired) electrons. The number of nitrogens with one attached hydrogen (secondary N) is 1. The van der Waals surface area contributed by atoms with Crippen molar-refractivity contribution in [3.05, 3.63) is 30.1 Å². The zero-order valence-electron chi connectivity index (χ0n) is 13.0. The molecule has 0 spiro atoms. The molecular formula is C17H27FN2. The van der Waals surface area contributed by atoms with Crippen molar-refractivity contribution >= 4 is 5.69 Å². The molecule has 2 rings (SSSR count). The molecule has 3 heteroatoms. The van der Waals surface area contributed by atoms with Crippen molar-refractivity contribution in [1.82, 2.24) is 5.32 Å². The lowest BCUT2D eigenvalue weighted by atomic mass is 9.70. The Kier molecular flexibility index (Phi) is 5.03. The Hall–Kier alpha value is -1.09. The number of benzene rings is 1. The summed E-state index contributed by atoms with van der Waals surface area (Å²) in [5.74, 6) is 0.690. The number of halogens is 1. The van der Waals surface area contributed by atoms with Crippen molar-refractivity contribution in [2.75, 3.05) is 32.1 Å². The molecule has 1 saturated carbocycles. The molecule has 0 saturated heterocycles. The number of hydrogen-bond donors (Lipinski definition) is 1. The summed E-state index contributed by atoms with van der Waals surface area (Å²) in [6, 6.07) is 6.82. The van der Waals surface area contributed by atoms with Gasteiger partial charge in [-0.05, 0) is 50.1 Å². The van der Waals surface area contributed by atoms with Crippen LogP contribution < -0.4 is 10.2 Å². The van der Waals surface area contributed by atoms with Crippen molar-refractivity contribution < 1.29 is 4.39 Å². The van der Waals surface area contributed by atoms with E-state index in [1.54, 1.807) is 12.1 Å². The van der Waals surface area contributed by atoms with Crippen LogP contribution in [0.5, 0.6) is 0 Å². The minimum atomic E-state index is -0.168. The highest BCUT2D eigenvalue weighted by molar-refractivity contribution is 5.45. The van der Waals surface area contributed by atoms with Gasteiger partial charge in [-0.2, -0.15) is 0 Å². The molecule has 0 aliphatic heterocycles. The van der Waals surface area contributed by atoms with Crippen LogP contribution in [0.15, 0.2) is 24.3 Å². The largest absolute Gasteiger partial charge is 0.374 e. The molecule has 0 heterocycles. The Labute approximate surface area is 122 Å². The predicted octanol–water partition coefficient (Wildman–Crippen LogP) is 3.68. The summed E-state index contributed by atoms with van der Waals surface area (Å²) in [6.45, 7) is 4.45. The summed E-state index contributed by atoms with van der Waals surface area (Å²) in [7, 11) is 4.15. The fourth-order valence-electron chi connectivity index (χ4n) is 3.43. The Morgan fingerprint density at radius 1 is 1.25 bits per heavy atom. The smallest absolute Gasteiger partial charge is 0.123 e. The maximum atomic E-state index is 13.0. The summed E-state index contributed by atoms with van der Waals surface area (Å²) in [4.78, 5) is 2.27. The molecule has 0 unspecified atom stereocenters. The highest BCUT2D eigenvalue weighted by Gasteiger charge is 2.34. The van der Waals surface area contributed by atoms with Crippen LogP contribution in [-0.2, 0) is 0 Å². The van der Waals surface area contributed by atoms with Crippen LogP contribution in [0, 0.1) is 17.2 Å². The minimum Gasteiger partial charge on any atom is -0.374 e.